The van der Waals surface area contributed by atoms with E-state index in [1.54, 1.807) is 6.08 Å². The quantitative estimate of drug-likeness (QED) is 0.392. The zero-order valence-corrected chi connectivity index (χ0v) is 10.6. The van der Waals surface area contributed by atoms with E-state index in [4.69, 9.17) is 0 Å². The van der Waals surface area contributed by atoms with Crippen molar-refractivity contribution in [3.63, 3.8) is 0 Å². The maximum Gasteiger partial charge on any atom is 0.269 e. The van der Waals surface area contributed by atoms with Crippen molar-refractivity contribution < 1.29 is 9.72 Å². The van der Waals surface area contributed by atoms with E-state index in [-0.39, 0.29) is 11.5 Å². The van der Waals surface area contributed by atoms with Gasteiger partial charge in [0.2, 0.25) is 0 Å². The Morgan fingerprint density at radius 2 is 1.95 bits per heavy atom. The topological polar surface area (TPSA) is 72.2 Å². The van der Waals surface area contributed by atoms with Crippen molar-refractivity contribution in [3.05, 3.63) is 51.7 Å². The predicted octanol–water partition coefficient (Wildman–Crippen LogP) is 2.83. The number of carbonyl (C=O) groups is 1. The van der Waals surface area contributed by atoms with Gasteiger partial charge in [-0.3, -0.25) is 14.9 Å². The lowest BCUT2D eigenvalue weighted by molar-refractivity contribution is -0.384. The van der Waals surface area contributed by atoms with Crippen molar-refractivity contribution in [2.45, 2.75) is 25.7 Å². The summed E-state index contributed by atoms with van der Waals surface area (Å²) in [5.74, 6) is -0.112. The van der Waals surface area contributed by atoms with E-state index in [1.807, 2.05) is 0 Å². The van der Waals surface area contributed by atoms with Gasteiger partial charge in [-0.1, -0.05) is 6.42 Å². The molecule has 19 heavy (non-hydrogen) atoms. The molecule has 0 aliphatic carbocycles. The van der Waals surface area contributed by atoms with E-state index < -0.39 is 4.92 Å². The molecule has 2 rings (SSSR count). The molecule has 0 aromatic heterocycles. The van der Waals surface area contributed by atoms with Gasteiger partial charge in [0.15, 0.2) is 5.78 Å². The first kappa shape index (κ1) is 13.3. The number of hydrogen-bond acceptors (Lipinski definition) is 4. The minimum Gasteiger partial charge on any atom is -0.388 e. The molecule has 0 spiro atoms. The van der Waals surface area contributed by atoms with Crippen LogP contribution in [0.5, 0.6) is 0 Å². The van der Waals surface area contributed by atoms with Gasteiger partial charge in [-0.25, -0.2) is 0 Å². The van der Waals surface area contributed by atoms with Gasteiger partial charge in [-0.2, -0.15) is 0 Å². The van der Waals surface area contributed by atoms with Gasteiger partial charge in [0.25, 0.3) is 5.69 Å². The zero-order valence-electron chi connectivity index (χ0n) is 10.6. The minimum atomic E-state index is -0.473. The summed E-state index contributed by atoms with van der Waals surface area (Å²) in [6, 6.07) is 5.70. The van der Waals surface area contributed by atoms with Gasteiger partial charge in [-0.05, 0) is 31.4 Å². The number of hydrogen-bond donors (Lipinski definition) is 1. The normalized spacial score (nSPS) is 17.6. The fraction of sp³-hybridized carbons (Fsp3) is 0.357. The van der Waals surface area contributed by atoms with E-state index in [9.17, 15) is 14.9 Å². The molecular weight excluding hydrogens is 244 g/mol. The molecule has 1 aromatic carbocycles. The van der Waals surface area contributed by atoms with Gasteiger partial charge < -0.3 is 5.32 Å². The summed E-state index contributed by atoms with van der Waals surface area (Å²) < 4.78 is 0. The van der Waals surface area contributed by atoms with Crippen molar-refractivity contribution >= 4 is 11.5 Å². The lowest BCUT2D eigenvalue weighted by atomic mass is 10.1. The molecule has 1 aliphatic rings. The number of nitro benzene ring substituents is 1. The largest absolute Gasteiger partial charge is 0.388 e. The zero-order chi connectivity index (χ0) is 13.7. The third-order valence-electron chi connectivity index (χ3n) is 3.14. The highest BCUT2D eigenvalue weighted by Gasteiger charge is 2.10. The molecule has 0 radical (unpaired) electrons. The van der Waals surface area contributed by atoms with Crippen LogP contribution >= 0.6 is 0 Å². The van der Waals surface area contributed by atoms with Gasteiger partial charge in [0, 0.05) is 36.0 Å². The van der Waals surface area contributed by atoms with E-state index in [2.05, 4.69) is 5.32 Å². The van der Waals surface area contributed by atoms with Crippen LogP contribution in [0, 0.1) is 10.1 Å². The molecule has 1 fully saturated rings. The average molecular weight is 260 g/mol. The summed E-state index contributed by atoms with van der Waals surface area (Å²) in [6.07, 6.45) is 5.89. The van der Waals surface area contributed by atoms with Crippen molar-refractivity contribution in [3.8, 4) is 0 Å². The summed E-state index contributed by atoms with van der Waals surface area (Å²) >= 11 is 0. The molecular formula is C14H16N2O3. The number of nitrogens with one attached hydrogen (secondary N) is 1. The Hall–Kier alpha value is -2.17. The van der Waals surface area contributed by atoms with Crippen LogP contribution in [0.2, 0.25) is 0 Å². The number of ketones is 1. The molecule has 1 aliphatic heterocycles. The second-order valence-electron chi connectivity index (χ2n) is 4.58. The standard InChI is InChI=1S/C14H16N2O3/c17-14(10-12-4-2-1-3-9-15-12)11-5-7-13(8-6-11)16(18)19/h5-8,10,15H,1-4,9H2/b12-10-. The lowest BCUT2D eigenvalue weighted by Crippen LogP contribution is -2.13. The maximum atomic E-state index is 12.0. The van der Waals surface area contributed by atoms with Crippen molar-refractivity contribution in [2.24, 2.45) is 0 Å². The fourth-order valence-corrected chi connectivity index (χ4v) is 2.07. The second kappa shape index (κ2) is 6.13. The molecule has 0 atom stereocenters. The molecule has 5 nitrogen and oxygen atoms in total. The van der Waals surface area contributed by atoms with Gasteiger partial charge in [0.05, 0.1) is 4.92 Å². The average Bonchev–Trinajstić information content (AvgIpc) is 2.67. The van der Waals surface area contributed by atoms with E-state index >= 15 is 0 Å². The number of rotatable bonds is 3. The van der Waals surface area contributed by atoms with Crippen molar-refractivity contribution in [1.82, 2.24) is 5.32 Å². The molecule has 0 amide bonds. The van der Waals surface area contributed by atoms with E-state index in [0.717, 1.165) is 31.5 Å². The van der Waals surface area contributed by atoms with Crippen LogP contribution in [0.15, 0.2) is 36.0 Å². The molecule has 0 unspecified atom stereocenters. The molecule has 0 bridgehead atoms. The van der Waals surface area contributed by atoms with Crippen molar-refractivity contribution in [2.75, 3.05) is 6.54 Å². The van der Waals surface area contributed by atoms with Crippen molar-refractivity contribution in [1.29, 1.82) is 0 Å². The summed E-state index contributed by atoms with van der Waals surface area (Å²) in [5, 5.41) is 13.8. The third-order valence-corrected chi connectivity index (χ3v) is 3.14. The Morgan fingerprint density at radius 1 is 1.21 bits per heavy atom. The first-order chi connectivity index (χ1) is 9.16. The number of nitrogens with zero attached hydrogens (tertiary/aromatic N) is 1. The Labute approximate surface area is 111 Å². The minimum absolute atomic E-state index is 0.00297. The number of carbonyl (C=O) groups excluding carboxylic acids is 1. The Balaban J connectivity index is 2.10. The monoisotopic (exact) mass is 260 g/mol. The first-order valence-corrected chi connectivity index (χ1v) is 6.40. The Kier molecular flexibility index (Phi) is 4.28. The van der Waals surface area contributed by atoms with Crippen LogP contribution in [0.4, 0.5) is 5.69 Å². The predicted molar refractivity (Wildman–Crippen MR) is 72.0 cm³/mol. The first-order valence-electron chi connectivity index (χ1n) is 6.40. The summed E-state index contributed by atoms with van der Waals surface area (Å²) in [7, 11) is 0. The molecule has 1 heterocycles. The number of benzene rings is 1. The summed E-state index contributed by atoms with van der Waals surface area (Å²) in [4.78, 5) is 22.1. The smallest absolute Gasteiger partial charge is 0.269 e. The molecule has 1 aromatic rings. The molecule has 100 valence electrons. The van der Waals surface area contributed by atoms with Crippen LogP contribution in [-0.4, -0.2) is 17.3 Å². The van der Waals surface area contributed by atoms with Gasteiger partial charge >= 0.3 is 0 Å². The highest BCUT2D eigenvalue weighted by Crippen LogP contribution is 2.15. The molecule has 1 N–H and O–H groups in total. The number of nitro groups is 1. The van der Waals surface area contributed by atoms with E-state index in [1.165, 1.54) is 30.7 Å². The highest BCUT2D eigenvalue weighted by molar-refractivity contribution is 6.04. The fourth-order valence-electron chi connectivity index (χ4n) is 2.07. The number of allylic oxidation sites excluding steroid dienone is 2. The van der Waals surface area contributed by atoms with Crippen LogP contribution < -0.4 is 5.32 Å². The summed E-state index contributed by atoms with van der Waals surface area (Å²) in [5.41, 5.74) is 1.43. The molecule has 1 saturated heterocycles. The second-order valence-corrected chi connectivity index (χ2v) is 4.58. The summed E-state index contributed by atoms with van der Waals surface area (Å²) in [6.45, 7) is 0.902. The van der Waals surface area contributed by atoms with Crippen LogP contribution in [0.1, 0.15) is 36.0 Å². The third kappa shape index (κ3) is 3.64. The molecule has 5 heteroatoms. The SMILES string of the molecule is O=C(/C=C1/CCCCCN1)c1ccc([N+](=O)[O-])cc1. The van der Waals surface area contributed by atoms with Crippen LogP contribution in [0.25, 0.3) is 0 Å². The maximum absolute atomic E-state index is 12.0. The van der Waals surface area contributed by atoms with Gasteiger partial charge in [0.1, 0.15) is 0 Å². The number of non-ortho nitro benzene ring substituents is 1. The molecule has 0 saturated carbocycles. The van der Waals surface area contributed by atoms with Crippen LogP contribution in [0.3, 0.4) is 0 Å². The lowest BCUT2D eigenvalue weighted by Gasteiger charge is -2.05. The van der Waals surface area contributed by atoms with E-state index in [0.29, 0.717) is 5.56 Å². The highest BCUT2D eigenvalue weighted by atomic mass is 16.6. The Morgan fingerprint density at radius 3 is 2.63 bits per heavy atom. The van der Waals surface area contributed by atoms with Gasteiger partial charge in [-0.15, -0.1) is 0 Å². The Bertz CT molecular complexity index is 496. The van der Waals surface area contributed by atoms with Crippen LogP contribution in [-0.2, 0) is 0 Å².